The predicted molar refractivity (Wildman–Crippen MR) is 97.7 cm³/mol. The van der Waals surface area contributed by atoms with Crippen LogP contribution in [0.4, 0.5) is 0 Å². The van der Waals surface area contributed by atoms with Crippen molar-refractivity contribution in [2.45, 2.75) is 33.2 Å². The molecule has 0 aliphatic carbocycles. The van der Waals surface area contributed by atoms with E-state index < -0.39 is 0 Å². The van der Waals surface area contributed by atoms with Crippen LogP contribution in [-0.4, -0.2) is 34.7 Å². The van der Waals surface area contributed by atoms with Crippen molar-refractivity contribution in [3.05, 3.63) is 52.3 Å². The molecule has 6 nitrogen and oxygen atoms in total. The van der Waals surface area contributed by atoms with Crippen molar-refractivity contribution in [2.75, 3.05) is 13.1 Å². The molecule has 0 atom stereocenters. The van der Waals surface area contributed by atoms with E-state index in [2.05, 4.69) is 15.7 Å². The maximum atomic E-state index is 11.9. The second-order valence-corrected chi connectivity index (χ2v) is 6.30. The van der Waals surface area contributed by atoms with E-state index in [-0.39, 0.29) is 18.2 Å². The lowest BCUT2D eigenvalue weighted by atomic mass is 10.2. The van der Waals surface area contributed by atoms with E-state index >= 15 is 0 Å². The summed E-state index contributed by atoms with van der Waals surface area (Å²) in [7, 11) is 0. The monoisotopic (exact) mass is 362 g/mol. The van der Waals surface area contributed by atoms with Gasteiger partial charge in [-0.3, -0.25) is 14.3 Å². The fourth-order valence-electron chi connectivity index (χ4n) is 2.44. The van der Waals surface area contributed by atoms with Gasteiger partial charge in [-0.25, -0.2) is 0 Å². The van der Waals surface area contributed by atoms with Gasteiger partial charge in [0.25, 0.3) is 5.91 Å². The number of aromatic nitrogens is 2. The molecule has 0 unspecified atom stereocenters. The van der Waals surface area contributed by atoms with Crippen molar-refractivity contribution in [3.8, 4) is 0 Å². The number of nitrogens with one attached hydrogen (secondary N) is 2. The van der Waals surface area contributed by atoms with Gasteiger partial charge in [-0.15, -0.1) is 0 Å². The molecule has 0 saturated heterocycles. The molecule has 1 heterocycles. The van der Waals surface area contributed by atoms with E-state index in [9.17, 15) is 9.59 Å². The molecule has 2 rings (SSSR count). The van der Waals surface area contributed by atoms with Crippen molar-refractivity contribution in [3.63, 3.8) is 0 Å². The zero-order valence-electron chi connectivity index (χ0n) is 14.5. The number of carbonyl (C=O) groups is 2. The summed E-state index contributed by atoms with van der Waals surface area (Å²) in [6, 6.07) is 8.65. The molecular formula is C18H23ClN4O2. The summed E-state index contributed by atoms with van der Waals surface area (Å²) in [5.41, 5.74) is 2.64. The molecule has 0 aliphatic rings. The molecule has 1 aromatic heterocycles. The molecule has 134 valence electrons. The first-order valence-electron chi connectivity index (χ1n) is 8.27. The average Bonchev–Trinajstić information content (AvgIpc) is 2.89. The third kappa shape index (κ3) is 6.23. The minimum Gasteiger partial charge on any atom is -0.356 e. The molecule has 7 heteroatoms. The molecule has 2 N–H and O–H groups in total. The minimum atomic E-state index is -0.214. The van der Waals surface area contributed by atoms with Gasteiger partial charge >= 0.3 is 0 Å². The maximum Gasteiger partial charge on any atom is 0.251 e. The maximum absolute atomic E-state index is 11.9. The first-order valence-corrected chi connectivity index (χ1v) is 8.65. The number of halogens is 1. The number of aryl methyl sites for hydroxylation is 3. The van der Waals surface area contributed by atoms with Crippen LogP contribution in [0.1, 0.15) is 34.6 Å². The Morgan fingerprint density at radius 3 is 2.48 bits per heavy atom. The molecular weight excluding hydrogens is 340 g/mol. The van der Waals surface area contributed by atoms with Gasteiger partial charge in [0.05, 0.1) is 5.69 Å². The third-order valence-electron chi connectivity index (χ3n) is 3.72. The quantitative estimate of drug-likeness (QED) is 0.708. The Morgan fingerprint density at radius 1 is 1.12 bits per heavy atom. The van der Waals surface area contributed by atoms with Crippen LogP contribution in [0.2, 0.25) is 5.02 Å². The van der Waals surface area contributed by atoms with Crippen LogP contribution in [0.5, 0.6) is 0 Å². The van der Waals surface area contributed by atoms with E-state index in [0.717, 1.165) is 24.4 Å². The van der Waals surface area contributed by atoms with Crippen LogP contribution < -0.4 is 10.6 Å². The minimum absolute atomic E-state index is 0.0789. The largest absolute Gasteiger partial charge is 0.356 e. The van der Waals surface area contributed by atoms with Crippen LogP contribution in [0, 0.1) is 13.8 Å². The van der Waals surface area contributed by atoms with E-state index in [4.69, 9.17) is 11.6 Å². The number of carbonyl (C=O) groups excluding carboxylic acids is 2. The lowest BCUT2D eigenvalue weighted by Crippen LogP contribution is -2.31. The van der Waals surface area contributed by atoms with Crippen molar-refractivity contribution in [1.29, 1.82) is 0 Å². The topological polar surface area (TPSA) is 76.0 Å². The molecule has 0 spiro atoms. The highest BCUT2D eigenvalue weighted by molar-refractivity contribution is 6.30. The number of hydrogen-bond donors (Lipinski definition) is 2. The summed E-state index contributed by atoms with van der Waals surface area (Å²) in [5, 5.41) is 10.5. The van der Waals surface area contributed by atoms with Crippen LogP contribution in [0.25, 0.3) is 0 Å². The fourth-order valence-corrected chi connectivity index (χ4v) is 2.57. The second kappa shape index (κ2) is 9.22. The Labute approximate surface area is 152 Å². The highest BCUT2D eigenvalue weighted by atomic mass is 35.5. The van der Waals surface area contributed by atoms with Gasteiger partial charge in [-0.1, -0.05) is 11.6 Å². The smallest absolute Gasteiger partial charge is 0.251 e. The Bertz CT molecular complexity index is 725. The summed E-state index contributed by atoms with van der Waals surface area (Å²) < 4.78 is 1.94. The zero-order valence-corrected chi connectivity index (χ0v) is 15.3. The molecule has 0 aliphatic heterocycles. The molecule has 2 amide bonds. The highest BCUT2D eigenvalue weighted by Gasteiger charge is 2.07. The molecule has 0 radical (unpaired) electrons. The van der Waals surface area contributed by atoms with Gasteiger partial charge in [-0.05, 0) is 50.6 Å². The van der Waals surface area contributed by atoms with Crippen molar-refractivity contribution >= 4 is 23.4 Å². The number of benzene rings is 1. The molecule has 0 fully saturated rings. The summed E-state index contributed by atoms with van der Waals surface area (Å²) in [6.07, 6.45) is 1.06. The first kappa shape index (κ1) is 19.0. The Kier molecular flexibility index (Phi) is 7.01. The SMILES string of the molecule is Cc1cc(C)n(CCCNC(=O)CCNC(=O)c2ccc(Cl)cc2)n1. The van der Waals surface area contributed by atoms with E-state index in [0.29, 0.717) is 23.7 Å². The molecule has 0 saturated carbocycles. The Morgan fingerprint density at radius 2 is 1.84 bits per heavy atom. The number of nitrogens with zero attached hydrogens (tertiary/aromatic N) is 2. The van der Waals surface area contributed by atoms with Gasteiger partial charge < -0.3 is 10.6 Å². The summed E-state index contributed by atoms with van der Waals surface area (Å²) in [6.45, 7) is 5.63. The van der Waals surface area contributed by atoms with Crippen molar-refractivity contribution in [1.82, 2.24) is 20.4 Å². The van der Waals surface area contributed by atoms with E-state index in [1.54, 1.807) is 24.3 Å². The molecule has 0 bridgehead atoms. The first-order chi connectivity index (χ1) is 12.0. The van der Waals surface area contributed by atoms with Gasteiger partial charge in [0.15, 0.2) is 0 Å². The number of hydrogen-bond acceptors (Lipinski definition) is 3. The highest BCUT2D eigenvalue weighted by Crippen LogP contribution is 2.09. The molecule has 25 heavy (non-hydrogen) atoms. The third-order valence-corrected chi connectivity index (χ3v) is 3.97. The lowest BCUT2D eigenvalue weighted by molar-refractivity contribution is -0.120. The van der Waals surface area contributed by atoms with Gasteiger partial charge in [0.1, 0.15) is 0 Å². The Hall–Kier alpha value is -2.34. The van der Waals surface area contributed by atoms with E-state index in [1.165, 1.54) is 0 Å². The Balaban J connectivity index is 1.60. The van der Waals surface area contributed by atoms with Gasteiger partial charge in [0.2, 0.25) is 5.91 Å². The van der Waals surface area contributed by atoms with E-state index in [1.807, 2.05) is 24.6 Å². The van der Waals surface area contributed by atoms with Gasteiger partial charge in [0, 0.05) is 42.3 Å². The molecule has 2 aromatic rings. The number of amides is 2. The second-order valence-electron chi connectivity index (χ2n) is 5.87. The number of rotatable bonds is 8. The fraction of sp³-hybridized carbons (Fsp3) is 0.389. The van der Waals surface area contributed by atoms with Crippen LogP contribution >= 0.6 is 11.6 Å². The standard InChI is InChI=1S/C18H23ClN4O2/c1-13-12-14(2)23(22-13)11-3-9-20-17(24)8-10-21-18(25)15-4-6-16(19)7-5-15/h4-7,12H,3,8-11H2,1-2H3,(H,20,24)(H,21,25). The summed E-state index contributed by atoms with van der Waals surface area (Å²) >= 11 is 5.78. The van der Waals surface area contributed by atoms with Crippen LogP contribution in [0.3, 0.4) is 0 Å². The summed E-state index contributed by atoms with van der Waals surface area (Å²) in [5.74, 6) is -0.293. The average molecular weight is 363 g/mol. The van der Waals surface area contributed by atoms with Gasteiger partial charge in [-0.2, -0.15) is 5.10 Å². The van der Waals surface area contributed by atoms with Crippen molar-refractivity contribution in [2.24, 2.45) is 0 Å². The predicted octanol–water partition coefficient (Wildman–Crippen LogP) is 2.48. The summed E-state index contributed by atoms with van der Waals surface area (Å²) in [4.78, 5) is 23.7. The lowest BCUT2D eigenvalue weighted by Gasteiger charge is -2.08. The zero-order chi connectivity index (χ0) is 18.2. The molecule has 1 aromatic carbocycles. The van der Waals surface area contributed by atoms with Crippen LogP contribution in [-0.2, 0) is 11.3 Å². The normalized spacial score (nSPS) is 10.5. The van der Waals surface area contributed by atoms with Crippen LogP contribution in [0.15, 0.2) is 30.3 Å². The van der Waals surface area contributed by atoms with Crippen molar-refractivity contribution < 1.29 is 9.59 Å².